The van der Waals surface area contributed by atoms with Crippen molar-refractivity contribution in [3.63, 3.8) is 0 Å². The first kappa shape index (κ1) is 17.2. The average Bonchev–Trinajstić information content (AvgIpc) is 3.12. The minimum atomic E-state index is -0.105. The lowest BCUT2D eigenvalue weighted by atomic mass is 10.0. The normalized spacial score (nSPS) is 16.1. The summed E-state index contributed by atoms with van der Waals surface area (Å²) >= 11 is 7.94. The fourth-order valence-electron chi connectivity index (χ4n) is 3.09. The van der Waals surface area contributed by atoms with E-state index in [-0.39, 0.29) is 11.9 Å². The summed E-state index contributed by atoms with van der Waals surface area (Å²) in [4.78, 5) is 13.9. The van der Waals surface area contributed by atoms with Crippen molar-refractivity contribution in [1.29, 1.82) is 0 Å². The van der Waals surface area contributed by atoms with Gasteiger partial charge in [-0.1, -0.05) is 41.9 Å². The van der Waals surface area contributed by atoms with Crippen LogP contribution in [-0.4, -0.2) is 21.4 Å². The second kappa shape index (κ2) is 7.56. The Morgan fingerprint density at radius 3 is 2.96 bits per heavy atom. The summed E-state index contributed by atoms with van der Waals surface area (Å²) in [7, 11) is 0. The van der Waals surface area contributed by atoms with E-state index in [0.29, 0.717) is 17.1 Å². The number of amides is 1. The Hall–Kier alpha value is -2.24. The molecule has 1 N–H and O–H groups in total. The molecule has 4 rings (SSSR count). The number of aromatic nitrogens is 2. The van der Waals surface area contributed by atoms with Crippen molar-refractivity contribution >= 4 is 29.3 Å². The summed E-state index contributed by atoms with van der Waals surface area (Å²) in [6.07, 6.45) is 4.30. The van der Waals surface area contributed by atoms with Gasteiger partial charge < -0.3 is 5.32 Å². The zero-order valence-electron chi connectivity index (χ0n) is 14.1. The van der Waals surface area contributed by atoms with Crippen molar-refractivity contribution in [2.45, 2.75) is 23.9 Å². The van der Waals surface area contributed by atoms with Crippen LogP contribution in [0, 0.1) is 0 Å². The number of nitrogens with one attached hydrogen (secondary N) is 1. The van der Waals surface area contributed by atoms with Gasteiger partial charge in [0.2, 0.25) is 0 Å². The highest BCUT2D eigenvalue weighted by atomic mass is 35.5. The number of carbonyl (C=O) groups is 1. The van der Waals surface area contributed by atoms with Gasteiger partial charge in [0.15, 0.2) is 0 Å². The molecule has 1 aliphatic heterocycles. The quantitative estimate of drug-likeness (QED) is 0.718. The smallest absolute Gasteiger partial charge is 0.254 e. The first-order chi connectivity index (χ1) is 12.7. The second-order valence-corrected chi connectivity index (χ2v) is 7.83. The largest absolute Gasteiger partial charge is 0.345 e. The fourth-order valence-corrected chi connectivity index (χ4v) is 4.38. The van der Waals surface area contributed by atoms with E-state index in [1.165, 1.54) is 4.90 Å². The highest BCUT2D eigenvalue weighted by Crippen LogP contribution is 2.37. The minimum absolute atomic E-state index is 0.0186. The van der Waals surface area contributed by atoms with Gasteiger partial charge in [-0.15, -0.1) is 11.8 Å². The van der Waals surface area contributed by atoms with E-state index in [1.54, 1.807) is 28.8 Å². The van der Waals surface area contributed by atoms with E-state index in [0.717, 1.165) is 23.3 Å². The number of hydrogen-bond acceptors (Lipinski definition) is 3. The maximum absolute atomic E-state index is 12.7. The molecule has 0 aliphatic carbocycles. The van der Waals surface area contributed by atoms with Crippen molar-refractivity contribution in [2.75, 3.05) is 5.75 Å². The molecule has 132 valence electrons. The van der Waals surface area contributed by atoms with E-state index in [4.69, 9.17) is 11.6 Å². The molecule has 0 spiro atoms. The number of hydrogen-bond donors (Lipinski definition) is 1. The molecule has 0 fully saturated rings. The average molecular weight is 384 g/mol. The molecule has 1 aliphatic rings. The molecule has 0 saturated carbocycles. The topological polar surface area (TPSA) is 46.9 Å². The number of halogens is 1. The summed E-state index contributed by atoms with van der Waals surface area (Å²) in [5.41, 5.74) is 2.82. The Kier molecular flexibility index (Phi) is 5.00. The Morgan fingerprint density at radius 1 is 1.27 bits per heavy atom. The Bertz CT molecular complexity index is 926. The molecule has 1 aromatic heterocycles. The summed E-state index contributed by atoms with van der Waals surface area (Å²) in [6, 6.07) is 15.9. The molecule has 0 saturated heterocycles. The standard InChI is InChI=1S/C20H18ClN3OS/c21-16-6-7-19-17(10-16)18(8-9-26-19)23-20(25)15-11-22-24(13-15)12-14-4-2-1-3-5-14/h1-7,10-11,13,18H,8-9,12H2,(H,23,25). The number of benzene rings is 2. The van der Waals surface area contributed by atoms with Gasteiger partial charge in [-0.3, -0.25) is 9.48 Å². The molecule has 0 radical (unpaired) electrons. The molecule has 4 nitrogen and oxygen atoms in total. The molecular formula is C20H18ClN3OS. The van der Waals surface area contributed by atoms with Crippen molar-refractivity contribution in [2.24, 2.45) is 0 Å². The highest BCUT2D eigenvalue weighted by molar-refractivity contribution is 7.99. The molecule has 0 bridgehead atoms. The molecule has 2 heterocycles. The Morgan fingerprint density at radius 2 is 2.12 bits per heavy atom. The highest BCUT2D eigenvalue weighted by Gasteiger charge is 2.23. The predicted molar refractivity (Wildman–Crippen MR) is 105 cm³/mol. The SMILES string of the molecule is O=C(NC1CCSc2ccc(Cl)cc21)c1cnn(Cc2ccccc2)c1. The minimum Gasteiger partial charge on any atom is -0.345 e. The lowest BCUT2D eigenvalue weighted by Gasteiger charge is -2.26. The van der Waals surface area contributed by atoms with Gasteiger partial charge in [-0.05, 0) is 35.7 Å². The fraction of sp³-hybridized carbons (Fsp3) is 0.200. The monoisotopic (exact) mass is 383 g/mol. The number of nitrogens with zero attached hydrogens (tertiary/aromatic N) is 2. The second-order valence-electron chi connectivity index (χ2n) is 6.26. The van der Waals surface area contributed by atoms with E-state index in [9.17, 15) is 4.79 Å². The molecule has 1 atom stereocenters. The molecule has 6 heteroatoms. The van der Waals surface area contributed by atoms with Crippen LogP contribution in [0.2, 0.25) is 5.02 Å². The van der Waals surface area contributed by atoms with Gasteiger partial charge in [-0.25, -0.2) is 0 Å². The molecule has 2 aromatic carbocycles. The maximum Gasteiger partial charge on any atom is 0.254 e. The third-order valence-corrected chi connectivity index (χ3v) is 5.76. The lowest BCUT2D eigenvalue weighted by molar-refractivity contribution is 0.0935. The zero-order chi connectivity index (χ0) is 17.9. The molecule has 1 unspecified atom stereocenters. The van der Waals surface area contributed by atoms with Crippen LogP contribution in [-0.2, 0) is 6.54 Å². The molecule has 26 heavy (non-hydrogen) atoms. The lowest BCUT2D eigenvalue weighted by Crippen LogP contribution is -2.30. The van der Waals surface area contributed by atoms with E-state index in [2.05, 4.69) is 10.4 Å². The third-order valence-electron chi connectivity index (χ3n) is 4.40. The number of thioether (sulfide) groups is 1. The summed E-state index contributed by atoms with van der Waals surface area (Å²) in [5.74, 6) is 0.875. The van der Waals surface area contributed by atoms with Crippen LogP contribution >= 0.6 is 23.4 Å². The number of rotatable bonds is 4. The summed E-state index contributed by atoms with van der Waals surface area (Å²) in [6.45, 7) is 0.645. The van der Waals surface area contributed by atoms with Crippen molar-refractivity contribution in [3.05, 3.63) is 82.6 Å². The van der Waals surface area contributed by atoms with Crippen molar-refractivity contribution in [3.8, 4) is 0 Å². The Labute approximate surface area is 161 Å². The van der Waals surface area contributed by atoms with Crippen LogP contribution in [0.1, 0.15) is 33.9 Å². The van der Waals surface area contributed by atoms with Crippen LogP contribution in [0.5, 0.6) is 0 Å². The molecular weight excluding hydrogens is 366 g/mol. The maximum atomic E-state index is 12.7. The van der Waals surface area contributed by atoms with Gasteiger partial charge in [0, 0.05) is 21.9 Å². The van der Waals surface area contributed by atoms with Gasteiger partial charge in [0.1, 0.15) is 0 Å². The van der Waals surface area contributed by atoms with Crippen LogP contribution in [0.3, 0.4) is 0 Å². The van der Waals surface area contributed by atoms with E-state index < -0.39 is 0 Å². The van der Waals surface area contributed by atoms with Gasteiger partial charge in [0.25, 0.3) is 5.91 Å². The van der Waals surface area contributed by atoms with Gasteiger partial charge >= 0.3 is 0 Å². The number of fused-ring (bicyclic) bond motifs is 1. The van der Waals surface area contributed by atoms with E-state index >= 15 is 0 Å². The van der Waals surface area contributed by atoms with E-state index in [1.807, 2.05) is 48.5 Å². The summed E-state index contributed by atoms with van der Waals surface area (Å²) in [5, 5.41) is 8.14. The van der Waals surface area contributed by atoms with Crippen LogP contribution in [0.25, 0.3) is 0 Å². The first-order valence-electron chi connectivity index (χ1n) is 8.48. The molecule has 3 aromatic rings. The zero-order valence-corrected chi connectivity index (χ0v) is 15.6. The van der Waals surface area contributed by atoms with Crippen LogP contribution < -0.4 is 5.32 Å². The van der Waals surface area contributed by atoms with Crippen molar-refractivity contribution in [1.82, 2.24) is 15.1 Å². The predicted octanol–water partition coefficient (Wildman–Crippen LogP) is 4.55. The van der Waals surface area contributed by atoms with Crippen LogP contribution in [0.15, 0.2) is 65.8 Å². The van der Waals surface area contributed by atoms with Crippen LogP contribution in [0.4, 0.5) is 0 Å². The summed E-state index contributed by atoms with van der Waals surface area (Å²) < 4.78 is 1.78. The number of carbonyl (C=O) groups excluding carboxylic acids is 1. The molecule has 1 amide bonds. The third kappa shape index (κ3) is 3.79. The van der Waals surface area contributed by atoms with Gasteiger partial charge in [0.05, 0.1) is 24.3 Å². The first-order valence-corrected chi connectivity index (χ1v) is 9.85. The van der Waals surface area contributed by atoms with Crippen molar-refractivity contribution < 1.29 is 4.79 Å². The Balaban J connectivity index is 1.47. The van der Waals surface area contributed by atoms with Gasteiger partial charge in [-0.2, -0.15) is 5.10 Å².